The molecular weight excluding hydrogens is 474 g/mol. The Morgan fingerprint density at radius 2 is 1.68 bits per heavy atom. The Kier molecular flexibility index (Phi) is 6.75. The van der Waals surface area contributed by atoms with Crippen molar-refractivity contribution in [1.29, 1.82) is 0 Å². The van der Waals surface area contributed by atoms with Gasteiger partial charge < -0.3 is 27.0 Å². The fraction of sp³-hybridized carbons (Fsp3) is 0.520. The maximum Gasteiger partial charge on any atom is 0.354 e. The number of urea groups is 1. The Labute approximate surface area is 215 Å². The van der Waals surface area contributed by atoms with Gasteiger partial charge in [0.05, 0.1) is 5.69 Å². The standard InChI is InChI=1S/C25H35N9O3/c1-25(28,15-26)22(35)32-8-10-33(11-9-32)23(36)29-20-6-7-34(24(37)30-20)17-4-2-16(3-5-17)12-31-13-18-19(14-31)21(18)27/h2-7,18-19,21H,8-15,26-28H2,1H3,(H,29,30,36,37). The van der Waals surface area contributed by atoms with Gasteiger partial charge in [-0.1, -0.05) is 12.1 Å². The fourth-order valence-corrected chi connectivity index (χ4v) is 5.23. The minimum atomic E-state index is -1.12. The number of piperazine rings is 1. The van der Waals surface area contributed by atoms with Crippen LogP contribution in [0, 0.1) is 11.8 Å². The number of benzene rings is 1. The van der Waals surface area contributed by atoms with Crippen LogP contribution < -0.4 is 28.2 Å². The first kappa shape index (κ1) is 25.3. The first-order valence-corrected chi connectivity index (χ1v) is 12.7. The SMILES string of the molecule is CC(N)(CN)C(=O)N1CCN(C(=O)Nc2ccn(-c3ccc(CN4CC5C(N)C5C4)cc3)c(=O)n2)CC1. The molecule has 12 nitrogen and oxygen atoms in total. The molecule has 1 aromatic carbocycles. The molecule has 3 heterocycles. The Balaban J connectivity index is 1.14. The quantitative estimate of drug-likeness (QED) is 0.383. The van der Waals surface area contributed by atoms with E-state index in [1.54, 1.807) is 29.0 Å². The van der Waals surface area contributed by atoms with Crippen LogP contribution in [0.4, 0.5) is 10.6 Å². The molecule has 3 atom stereocenters. The van der Waals surface area contributed by atoms with E-state index in [0.717, 1.165) is 19.6 Å². The second kappa shape index (κ2) is 9.86. The van der Waals surface area contributed by atoms with E-state index in [1.165, 1.54) is 10.1 Å². The minimum Gasteiger partial charge on any atom is -0.338 e. The molecule has 1 aromatic heterocycles. The van der Waals surface area contributed by atoms with Crippen LogP contribution in [-0.2, 0) is 11.3 Å². The first-order valence-electron chi connectivity index (χ1n) is 12.7. The van der Waals surface area contributed by atoms with Gasteiger partial charge in [-0.25, -0.2) is 9.59 Å². The largest absolute Gasteiger partial charge is 0.354 e. The number of carbonyl (C=O) groups is 2. The van der Waals surface area contributed by atoms with Crippen LogP contribution >= 0.6 is 0 Å². The lowest BCUT2D eigenvalue weighted by Crippen LogP contribution is -2.61. The highest BCUT2D eigenvalue weighted by atomic mass is 16.2. The van der Waals surface area contributed by atoms with Gasteiger partial charge in [-0.05, 0) is 42.5 Å². The molecule has 1 saturated carbocycles. The molecule has 198 valence electrons. The zero-order chi connectivity index (χ0) is 26.3. The van der Waals surface area contributed by atoms with E-state index in [1.807, 2.05) is 24.3 Å². The topological polar surface area (TPSA) is 169 Å². The third-order valence-corrected chi connectivity index (χ3v) is 7.76. The summed E-state index contributed by atoms with van der Waals surface area (Å²) in [6.45, 7) is 6.03. The molecule has 37 heavy (non-hydrogen) atoms. The van der Waals surface area contributed by atoms with Crippen molar-refractivity contribution >= 4 is 17.8 Å². The molecule has 2 saturated heterocycles. The predicted molar refractivity (Wildman–Crippen MR) is 139 cm³/mol. The fourth-order valence-electron chi connectivity index (χ4n) is 5.23. The number of nitrogens with zero attached hydrogens (tertiary/aromatic N) is 5. The van der Waals surface area contributed by atoms with Crippen molar-refractivity contribution in [1.82, 2.24) is 24.3 Å². The second-order valence-corrected chi connectivity index (χ2v) is 10.6. The number of anilines is 1. The highest BCUT2D eigenvalue weighted by Gasteiger charge is 2.53. The Hall–Kier alpha value is -3.32. The van der Waals surface area contributed by atoms with Crippen molar-refractivity contribution in [2.75, 3.05) is 51.1 Å². The van der Waals surface area contributed by atoms with E-state index in [2.05, 4.69) is 15.2 Å². The maximum atomic E-state index is 12.7. The number of fused-ring (bicyclic) bond motifs is 1. The molecule has 2 aliphatic heterocycles. The zero-order valence-corrected chi connectivity index (χ0v) is 21.0. The molecule has 7 N–H and O–H groups in total. The number of hydrogen-bond donors (Lipinski definition) is 4. The number of rotatable bonds is 6. The van der Waals surface area contributed by atoms with Gasteiger partial charge in [0.15, 0.2) is 0 Å². The van der Waals surface area contributed by atoms with Gasteiger partial charge in [0, 0.05) is 64.6 Å². The molecule has 0 radical (unpaired) electrons. The third-order valence-electron chi connectivity index (χ3n) is 7.76. The summed E-state index contributed by atoms with van der Waals surface area (Å²) in [4.78, 5) is 47.5. The molecule has 0 bridgehead atoms. The molecule has 1 aliphatic carbocycles. The van der Waals surface area contributed by atoms with Crippen molar-refractivity contribution in [2.45, 2.75) is 25.0 Å². The number of amides is 3. The van der Waals surface area contributed by atoms with Crippen molar-refractivity contribution in [2.24, 2.45) is 29.0 Å². The van der Waals surface area contributed by atoms with Crippen LogP contribution in [0.25, 0.3) is 5.69 Å². The van der Waals surface area contributed by atoms with Gasteiger partial charge in [-0.3, -0.25) is 19.6 Å². The van der Waals surface area contributed by atoms with Crippen LogP contribution in [0.1, 0.15) is 12.5 Å². The average Bonchev–Trinajstić information content (AvgIpc) is 3.28. The Morgan fingerprint density at radius 3 is 2.27 bits per heavy atom. The van der Waals surface area contributed by atoms with Crippen LogP contribution in [0.5, 0.6) is 0 Å². The average molecular weight is 510 g/mol. The number of hydrogen-bond acceptors (Lipinski definition) is 8. The zero-order valence-electron chi connectivity index (χ0n) is 21.0. The van der Waals surface area contributed by atoms with E-state index in [9.17, 15) is 14.4 Å². The highest BCUT2D eigenvalue weighted by molar-refractivity contribution is 5.89. The molecule has 5 rings (SSSR count). The molecule has 12 heteroatoms. The summed E-state index contributed by atoms with van der Waals surface area (Å²) < 4.78 is 1.44. The van der Waals surface area contributed by atoms with Gasteiger partial charge in [0.1, 0.15) is 11.4 Å². The number of nitrogens with two attached hydrogens (primary N) is 3. The summed E-state index contributed by atoms with van der Waals surface area (Å²) in [6, 6.07) is 9.44. The molecule has 3 unspecified atom stereocenters. The number of piperidine rings is 1. The predicted octanol–water partition coefficient (Wildman–Crippen LogP) is -1.03. The molecule has 3 fully saturated rings. The first-order chi connectivity index (χ1) is 17.7. The summed E-state index contributed by atoms with van der Waals surface area (Å²) in [5.41, 5.74) is 17.8. The van der Waals surface area contributed by atoms with Crippen LogP contribution in [-0.4, -0.2) is 93.6 Å². The van der Waals surface area contributed by atoms with Crippen LogP contribution in [0.3, 0.4) is 0 Å². The van der Waals surface area contributed by atoms with E-state index in [0.29, 0.717) is 49.7 Å². The third kappa shape index (κ3) is 5.23. The summed E-state index contributed by atoms with van der Waals surface area (Å²) in [7, 11) is 0. The molecule has 3 amide bonds. The molecular formula is C25H35N9O3. The summed E-state index contributed by atoms with van der Waals surface area (Å²) in [5, 5.41) is 2.68. The normalized spacial score (nSPS) is 24.9. The monoisotopic (exact) mass is 509 g/mol. The highest BCUT2D eigenvalue weighted by Crippen LogP contribution is 2.44. The van der Waals surface area contributed by atoms with Gasteiger partial charge in [0.25, 0.3) is 0 Å². The van der Waals surface area contributed by atoms with Crippen molar-refractivity contribution < 1.29 is 9.59 Å². The van der Waals surface area contributed by atoms with Gasteiger partial charge >= 0.3 is 11.7 Å². The van der Waals surface area contributed by atoms with Crippen molar-refractivity contribution in [3.63, 3.8) is 0 Å². The van der Waals surface area contributed by atoms with E-state index >= 15 is 0 Å². The van der Waals surface area contributed by atoms with Crippen molar-refractivity contribution in [3.8, 4) is 5.69 Å². The number of aromatic nitrogens is 2. The second-order valence-electron chi connectivity index (χ2n) is 10.6. The number of nitrogens with one attached hydrogen (secondary N) is 1. The lowest BCUT2D eigenvalue weighted by atomic mass is 10.0. The lowest BCUT2D eigenvalue weighted by molar-refractivity contribution is -0.137. The Bertz CT molecular complexity index is 1210. The van der Waals surface area contributed by atoms with Gasteiger partial charge in [-0.15, -0.1) is 0 Å². The minimum absolute atomic E-state index is 0.0445. The van der Waals surface area contributed by atoms with E-state index < -0.39 is 11.2 Å². The number of carbonyl (C=O) groups excluding carboxylic acids is 2. The summed E-state index contributed by atoms with van der Waals surface area (Å²) in [6.07, 6.45) is 1.60. The molecule has 2 aromatic rings. The van der Waals surface area contributed by atoms with E-state index in [4.69, 9.17) is 17.2 Å². The molecule has 3 aliphatic rings. The summed E-state index contributed by atoms with van der Waals surface area (Å²) in [5.74, 6) is 1.25. The maximum absolute atomic E-state index is 12.7. The molecule has 0 spiro atoms. The van der Waals surface area contributed by atoms with Gasteiger partial charge in [0.2, 0.25) is 5.91 Å². The lowest BCUT2D eigenvalue weighted by Gasteiger charge is -2.38. The Morgan fingerprint density at radius 1 is 1.05 bits per heavy atom. The number of likely N-dealkylation sites (tertiary alicyclic amines) is 1. The smallest absolute Gasteiger partial charge is 0.338 e. The van der Waals surface area contributed by atoms with E-state index in [-0.39, 0.29) is 24.3 Å². The van der Waals surface area contributed by atoms with Gasteiger partial charge in [-0.2, -0.15) is 4.98 Å². The summed E-state index contributed by atoms with van der Waals surface area (Å²) >= 11 is 0. The van der Waals surface area contributed by atoms with Crippen molar-refractivity contribution in [3.05, 3.63) is 52.6 Å². The van der Waals surface area contributed by atoms with Crippen LogP contribution in [0.2, 0.25) is 0 Å². The van der Waals surface area contributed by atoms with Crippen LogP contribution in [0.15, 0.2) is 41.3 Å².